The molecule has 0 unspecified atom stereocenters. The highest BCUT2D eigenvalue weighted by atomic mass is 16.1. The van der Waals surface area contributed by atoms with E-state index in [-0.39, 0.29) is 5.91 Å². The molecular formula is C19H21N5O. The number of rotatable bonds is 6. The summed E-state index contributed by atoms with van der Waals surface area (Å²) >= 11 is 0. The zero-order valence-electron chi connectivity index (χ0n) is 14.5. The molecule has 1 aromatic carbocycles. The van der Waals surface area contributed by atoms with Gasteiger partial charge >= 0.3 is 0 Å². The van der Waals surface area contributed by atoms with Gasteiger partial charge in [-0.25, -0.2) is 9.97 Å². The Hall–Kier alpha value is -2.94. The molecule has 1 N–H and O–H groups in total. The molecule has 0 aliphatic rings. The van der Waals surface area contributed by atoms with E-state index >= 15 is 0 Å². The van der Waals surface area contributed by atoms with Crippen molar-refractivity contribution in [1.29, 1.82) is 5.26 Å². The second kappa shape index (κ2) is 7.31. The molecule has 25 heavy (non-hydrogen) atoms. The summed E-state index contributed by atoms with van der Waals surface area (Å²) in [7, 11) is 0. The average molecular weight is 335 g/mol. The molecule has 1 amide bonds. The van der Waals surface area contributed by atoms with Gasteiger partial charge in [0.2, 0.25) is 5.91 Å². The molecule has 0 saturated heterocycles. The maximum absolute atomic E-state index is 12.0. The van der Waals surface area contributed by atoms with Crippen LogP contribution in [0.1, 0.15) is 45.1 Å². The van der Waals surface area contributed by atoms with Gasteiger partial charge in [0, 0.05) is 13.0 Å². The van der Waals surface area contributed by atoms with E-state index in [0.717, 1.165) is 30.3 Å². The summed E-state index contributed by atoms with van der Waals surface area (Å²) in [6.07, 6.45) is 3.47. The smallest absolute Gasteiger partial charge is 0.225 e. The van der Waals surface area contributed by atoms with E-state index in [0.29, 0.717) is 35.5 Å². The van der Waals surface area contributed by atoms with Crippen molar-refractivity contribution in [2.24, 2.45) is 0 Å². The second-order valence-corrected chi connectivity index (χ2v) is 5.98. The van der Waals surface area contributed by atoms with Crippen molar-refractivity contribution in [3.63, 3.8) is 0 Å². The Labute approximate surface area is 146 Å². The van der Waals surface area contributed by atoms with Gasteiger partial charge in [0.05, 0.1) is 11.0 Å². The lowest BCUT2D eigenvalue weighted by molar-refractivity contribution is -0.115. The molecule has 6 heteroatoms. The number of unbranched alkanes of at least 4 members (excludes halogenated alkanes) is 2. The quantitative estimate of drug-likeness (QED) is 0.690. The molecule has 0 radical (unpaired) electrons. The molecule has 0 spiro atoms. The van der Waals surface area contributed by atoms with E-state index in [1.165, 1.54) is 0 Å². The van der Waals surface area contributed by atoms with Gasteiger partial charge in [-0.3, -0.25) is 4.79 Å². The van der Waals surface area contributed by atoms with E-state index in [1.807, 2.05) is 28.8 Å². The van der Waals surface area contributed by atoms with Crippen LogP contribution in [0.2, 0.25) is 0 Å². The van der Waals surface area contributed by atoms with Gasteiger partial charge in [0.15, 0.2) is 5.65 Å². The van der Waals surface area contributed by atoms with Gasteiger partial charge in [-0.1, -0.05) is 38.8 Å². The monoisotopic (exact) mass is 335 g/mol. The molecule has 6 nitrogen and oxygen atoms in total. The minimum atomic E-state index is -0.124. The summed E-state index contributed by atoms with van der Waals surface area (Å²) in [4.78, 5) is 21.3. The lowest BCUT2D eigenvalue weighted by Crippen LogP contribution is -2.15. The Balaban J connectivity index is 2.24. The normalized spacial score (nSPS) is 10.9. The number of para-hydroxylation sites is 2. The van der Waals surface area contributed by atoms with E-state index < -0.39 is 0 Å². The minimum absolute atomic E-state index is 0.124. The molecular weight excluding hydrogens is 314 g/mol. The Bertz CT molecular complexity index is 967. The highest BCUT2D eigenvalue weighted by molar-refractivity contribution is 5.98. The van der Waals surface area contributed by atoms with Crippen LogP contribution < -0.4 is 5.32 Å². The zero-order chi connectivity index (χ0) is 17.8. The molecule has 0 fully saturated rings. The Morgan fingerprint density at radius 3 is 2.56 bits per heavy atom. The number of carbonyl (C=O) groups excluding carboxylic acids is 1. The third-order valence-electron chi connectivity index (χ3n) is 4.23. The molecule has 0 saturated carbocycles. The van der Waals surface area contributed by atoms with Crippen molar-refractivity contribution in [3.8, 4) is 6.07 Å². The van der Waals surface area contributed by atoms with Crippen molar-refractivity contribution in [1.82, 2.24) is 14.5 Å². The van der Waals surface area contributed by atoms with Crippen molar-refractivity contribution in [2.45, 2.75) is 46.1 Å². The molecule has 0 atom stereocenters. The summed E-state index contributed by atoms with van der Waals surface area (Å²) in [5, 5.41) is 12.5. The number of nitrogens with one attached hydrogen (secondary N) is 1. The maximum atomic E-state index is 12.0. The third-order valence-corrected chi connectivity index (χ3v) is 4.23. The van der Waals surface area contributed by atoms with Gasteiger partial charge in [-0.15, -0.1) is 0 Å². The summed E-state index contributed by atoms with van der Waals surface area (Å²) in [6, 6.07) is 9.80. The summed E-state index contributed by atoms with van der Waals surface area (Å²) in [6.45, 7) is 4.62. The Morgan fingerprint density at radius 1 is 1.20 bits per heavy atom. The van der Waals surface area contributed by atoms with Crippen LogP contribution in [0.3, 0.4) is 0 Å². The van der Waals surface area contributed by atoms with Crippen molar-refractivity contribution in [3.05, 3.63) is 29.8 Å². The number of benzene rings is 1. The second-order valence-electron chi connectivity index (χ2n) is 5.98. The van der Waals surface area contributed by atoms with E-state index in [1.54, 1.807) is 6.92 Å². The van der Waals surface area contributed by atoms with E-state index in [4.69, 9.17) is 4.98 Å². The first-order valence-electron chi connectivity index (χ1n) is 8.68. The van der Waals surface area contributed by atoms with Crippen molar-refractivity contribution < 1.29 is 4.79 Å². The predicted octanol–water partition coefficient (Wildman–Crippen LogP) is 3.99. The first-order chi connectivity index (χ1) is 12.2. The number of hydrogen-bond acceptors (Lipinski definition) is 4. The molecule has 0 bridgehead atoms. The van der Waals surface area contributed by atoms with Gasteiger partial charge in [0.25, 0.3) is 0 Å². The molecule has 0 aliphatic heterocycles. The van der Waals surface area contributed by atoms with Crippen LogP contribution in [-0.2, 0) is 11.3 Å². The fraction of sp³-hybridized carbons (Fsp3) is 0.368. The number of nitriles is 1. The van der Waals surface area contributed by atoms with E-state index in [2.05, 4.69) is 23.3 Å². The molecule has 3 rings (SSSR count). The largest absolute Gasteiger partial charge is 0.311 e. The number of fused-ring (bicyclic) bond motifs is 2. The minimum Gasteiger partial charge on any atom is -0.311 e. The molecule has 3 aromatic rings. The van der Waals surface area contributed by atoms with Crippen LogP contribution in [0.4, 0.5) is 5.82 Å². The Morgan fingerprint density at radius 2 is 1.92 bits per heavy atom. The lowest BCUT2D eigenvalue weighted by atomic mass is 10.2. The first kappa shape index (κ1) is 16.9. The average Bonchev–Trinajstić information content (AvgIpc) is 2.91. The van der Waals surface area contributed by atoms with E-state index in [9.17, 15) is 10.1 Å². The number of carbonyl (C=O) groups is 1. The molecule has 2 heterocycles. The number of amides is 1. The van der Waals surface area contributed by atoms with Crippen molar-refractivity contribution >= 4 is 33.9 Å². The van der Waals surface area contributed by atoms with Crippen LogP contribution in [0.5, 0.6) is 0 Å². The van der Waals surface area contributed by atoms with Gasteiger partial charge in [-0.05, 0) is 18.6 Å². The number of aryl methyl sites for hydroxylation is 1. The highest BCUT2D eigenvalue weighted by Gasteiger charge is 2.21. The number of hydrogen-bond donors (Lipinski definition) is 1. The lowest BCUT2D eigenvalue weighted by Gasteiger charge is -2.11. The zero-order valence-corrected chi connectivity index (χ0v) is 14.5. The van der Waals surface area contributed by atoms with Gasteiger partial charge in [-0.2, -0.15) is 5.26 Å². The van der Waals surface area contributed by atoms with Gasteiger partial charge < -0.3 is 9.88 Å². The van der Waals surface area contributed by atoms with Crippen LogP contribution in [-0.4, -0.2) is 20.4 Å². The highest BCUT2D eigenvalue weighted by Crippen LogP contribution is 2.29. The van der Waals surface area contributed by atoms with Crippen LogP contribution in [0, 0.1) is 11.3 Å². The maximum Gasteiger partial charge on any atom is 0.225 e. The first-order valence-corrected chi connectivity index (χ1v) is 8.68. The summed E-state index contributed by atoms with van der Waals surface area (Å²) < 4.78 is 1.93. The van der Waals surface area contributed by atoms with Crippen LogP contribution >= 0.6 is 0 Å². The molecule has 128 valence electrons. The summed E-state index contributed by atoms with van der Waals surface area (Å²) in [5.41, 5.74) is 3.10. The third kappa shape index (κ3) is 3.18. The van der Waals surface area contributed by atoms with Crippen LogP contribution in [0.25, 0.3) is 22.2 Å². The van der Waals surface area contributed by atoms with Gasteiger partial charge in [0.1, 0.15) is 23.0 Å². The molecule has 0 aliphatic carbocycles. The number of anilines is 1. The Kier molecular flexibility index (Phi) is 4.94. The van der Waals surface area contributed by atoms with Crippen LogP contribution in [0.15, 0.2) is 24.3 Å². The summed E-state index contributed by atoms with van der Waals surface area (Å²) in [5.74, 6) is 0.386. The fourth-order valence-corrected chi connectivity index (χ4v) is 2.89. The number of aromatic nitrogens is 3. The SMILES string of the molecule is CCCCCn1c(NC(=O)CC)c(C#N)c2nc3ccccc3nc21. The molecule has 2 aromatic heterocycles. The predicted molar refractivity (Wildman–Crippen MR) is 98.2 cm³/mol. The van der Waals surface area contributed by atoms with Crippen molar-refractivity contribution in [2.75, 3.05) is 5.32 Å². The standard InChI is InChI=1S/C19H21N5O/c1-3-5-8-11-24-18(23-16(25)4-2)13(12-20)17-19(24)22-15-10-7-6-9-14(15)21-17/h6-7,9-10H,3-5,8,11H2,1-2H3,(H,23,25). The number of nitrogens with zero attached hydrogens (tertiary/aromatic N) is 4. The topological polar surface area (TPSA) is 83.6 Å². The fourth-order valence-electron chi connectivity index (χ4n) is 2.89.